The van der Waals surface area contributed by atoms with Crippen LogP contribution in [0.25, 0.3) is 0 Å². The number of hydrogen-bond acceptors (Lipinski definition) is 3. The molecule has 0 heterocycles. The Bertz CT molecular complexity index is 1070. The molecule has 0 bridgehead atoms. The second-order valence-electron chi connectivity index (χ2n) is 7.08. The van der Waals surface area contributed by atoms with E-state index in [0.717, 1.165) is 17.5 Å². The fraction of sp³-hybridized carbons (Fsp3) is 0.208. The van der Waals surface area contributed by atoms with Gasteiger partial charge in [0.05, 0.1) is 10.6 Å². The topological polar surface area (TPSA) is 57.7 Å². The van der Waals surface area contributed by atoms with Crippen LogP contribution in [0.2, 0.25) is 0 Å². The molecule has 0 aliphatic heterocycles. The standard InChI is InChI=1S/C24H26N2O3S/c1-3-20-14-16-22(17-15-20)26(30(28,29)23-12-8-5-9-13-23)19-24(27)25(2)18-21-10-6-4-7-11-21/h4-17H,3,18-19H2,1-2H3. The zero-order chi connectivity index (χ0) is 21.6. The monoisotopic (exact) mass is 422 g/mol. The van der Waals surface area contributed by atoms with Crippen molar-refractivity contribution in [3.8, 4) is 0 Å². The average molecular weight is 423 g/mol. The van der Waals surface area contributed by atoms with Crippen molar-refractivity contribution in [1.82, 2.24) is 4.90 Å². The van der Waals surface area contributed by atoms with Gasteiger partial charge in [-0.3, -0.25) is 9.10 Å². The molecular formula is C24H26N2O3S. The summed E-state index contributed by atoms with van der Waals surface area (Å²) in [5.41, 5.74) is 2.55. The molecule has 0 spiro atoms. The maximum Gasteiger partial charge on any atom is 0.264 e. The number of amides is 1. The van der Waals surface area contributed by atoms with Crippen LogP contribution < -0.4 is 4.31 Å². The minimum absolute atomic E-state index is 0.156. The van der Waals surface area contributed by atoms with Crippen LogP contribution in [0, 0.1) is 0 Å². The van der Waals surface area contributed by atoms with Crippen molar-refractivity contribution < 1.29 is 13.2 Å². The Balaban J connectivity index is 1.90. The van der Waals surface area contributed by atoms with Crippen LogP contribution >= 0.6 is 0 Å². The quantitative estimate of drug-likeness (QED) is 0.549. The molecule has 0 aliphatic carbocycles. The highest BCUT2D eigenvalue weighted by atomic mass is 32.2. The van der Waals surface area contributed by atoms with E-state index in [1.165, 1.54) is 4.31 Å². The van der Waals surface area contributed by atoms with E-state index in [9.17, 15) is 13.2 Å². The molecule has 3 aromatic rings. The molecule has 6 heteroatoms. The summed E-state index contributed by atoms with van der Waals surface area (Å²) in [6.07, 6.45) is 0.852. The number of rotatable bonds is 8. The lowest BCUT2D eigenvalue weighted by Crippen LogP contribution is -2.41. The highest BCUT2D eigenvalue weighted by molar-refractivity contribution is 7.92. The van der Waals surface area contributed by atoms with Gasteiger partial charge >= 0.3 is 0 Å². The van der Waals surface area contributed by atoms with Crippen LogP contribution in [-0.2, 0) is 27.8 Å². The third-order valence-corrected chi connectivity index (χ3v) is 6.72. The van der Waals surface area contributed by atoms with Crippen molar-refractivity contribution >= 4 is 21.6 Å². The zero-order valence-corrected chi connectivity index (χ0v) is 18.0. The molecule has 0 saturated heterocycles. The number of sulfonamides is 1. The molecule has 1 amide bonds. The summed E-state index contributed by atoms with van der Waals surface area (Å²) in [5.74, 6) is -0.280. The molecule has 3 rings (SSSR count). The van der Waals surface area contributed by atoms with E-state index in [1.54, 1.807) is 54.4 Å². The number of likely N-dealkylation sites (N-methyl/N-ethyl adjacent to an activating group) is 1. The number of anilines is 1. The summed E-state index contributed by atoms with van der Waals surface area (Å²) in [5, 5.41) is 0. The van der Waals surface area contributed by atoms with E-state index in [4.69, 9.17) is 0 Å². The third kappa shape index (κ3) is 5.07. The number of hydrogen-bond donors (Lipinski definition) is 0. The van der Waals surface area contributed by atoms with E-state index in [2.05, 4.69) is 0 Å². The van der Waals surface area contributed by atoms with Crippen LogP contribution in [0.1, 0.15) is 18.1 Å². The van der Waals surface area contributed by atoms with E-state index in [-0.39, 0.29) is 17.3 Å². The lowest BCUT2D eigenvalue weighted by Gasteiger charge is -2.27. The number of nitrogens with zero attached hydrogens (tertiary/aromatic N) is 2. The first kappa shape index (κ1) is 21.6. The maximum atomic E-state index is 13.4. The van der Waals surface area contributed by atoms with Crippen LogP contribution in [0.15, 0.2) is 89.8 Å². The largest absolute Gasteiger partial charge is 0.340 e. The zero-order valence-electron chi connectivity index (χ0n) is 17.2. The molecule has 156 valence electrons. The fourth-order valence-corrected chi connectivity index (χ4v) is 4.56. The lowest BCUT2D eigenvalue weighted by molar-refractivity contribution is -0.128. The van der Waals surface area contributed by atoms with Gasteiger partial charge in [-0.1, -0.05) is 67.6 Å². The van der Waals surface area contributed by atoms with Crippen LogP contribution in [0.3, 0.4) is 0 Å². The molecule has 0 radical (unpaired) electrons. The Morgan fingerprint density at radius 2 is 1.37 bits per heavy atom. The molecule has 0 saturated carbocycles. The van der Waals surface area contributed by atoms with Gasteiger partial charge in [0, 0.05) is 13.6 Å². The van der Waals surface area contributed by atoms with Gasteiger partial charge < -0.3 is 4.90 Å². The fourth-order valence-electron chi connectivity index (χ4n) is 3.12. The van der Waals surface area contributed by atoms with Gasteiger partial charge in [0.25, 0.3) is 10.0 Å². The average Bonchev–Trinajstić information content (AvgIpc) is 2.78. The summed E-state index contributed by atoms with van der Waals surface area (Å²) >= 11 is 0. The SMILES string of the molecule is CCc1ccc(N(CC(=O)N(C)Cc2ccccc2)S(=O)(=O)c2ccccc2)cc1. The first-order chi connectivity index (χ1) is 14.4. The number of benzene rings is 3. The number of carbonyl (C=O) groups excluding carboxylic acids is 1. The Morgan fingerprint density at radius 3 is 1.93 bits per heavy atom. The molecule has 30 heavy (non-hydrogen) atoms. The van der Waals surface area contributed by atoms with Crippen LogP contribution in [0.5, 0.6) is 0 Å². The molecule has 0 aromatic heterocycles. The van der Waals surface area contributed by atoms with Crippen LogP contribution in [-0.4, -0.2) is 32.8 Å². The Kier molecular flexibility index (Phi) is 6.90. The van der Waals surface area contributed by atoms with Crippen LogP contribution in [0.4, 0.5) is 5.69 Å². The van der Waals surface area contributed by atoms with Gasteiger partial charge in [-0.2, -0.15) is 0 Å². The maximum absolute atomic E-state index is 13.4. The van der Waals surface area contributed by atoms with Gasteiger partial charge in [-0.25, -0.2) is 8.42 Å². The predicted molar refractivity (Wildman–Crippen MR) is 120 cm³/mol. The molecule has 0 aliphatic rings. The minimum Gasteiger partial charge on any atom is -0.340 e. The summed E-state index contributed by atoms with van der Waals surface area (Å²) in [4.78, 5) is 14.7. The van der Waals surface area contributed by atoms with Gasteiger partial charge in [0.15, 0.2) is 0 Å². The molecule has 0 N–H and O–H groups in total. The van der Waals surface area contributed by atoms with E-state index < -0.39 is 10.0 Å². The molecule has 3 aromatic carbocycles. The van der Waals surface area contributed by atoms with Crippen molar-refractivity contribution in [3.05, 3.63) is 96.1 Å². The molecule has 0 unspecified atom stereocenters. The first-order valence-corrected chi connectivity index (χ1v) is 11.3. The highest BCUT2D eigenvalue weighted by Crippen LogP contribution is 2.24. The van der Waals surface area contributed by atoms with E-state index >= 15 is 0 Å². The van der Waals surface area contributed by atoms with Crippen molar-refractivity contribution in [1.29, 1.82) is 0 Å². The summed E-state index contributed by atoms with van der Waals surface area (Å²) in [6, 6.07) is 25.1. The Hall–Kier alpha value is -3.12. The minimum atomic E-state index is -3.89. The lowest BCUT2D eigenvalue weighted by atomic mass is 10.1. The normalized spacial score (nSPS) is 11.1. The van der Waals surface area contributed by atoms with Gasteiger partial charge in [0.2, 0.25) is 5.91 Å². The molecular weight excluding hydrogens is 396 g/mol. The highest BCUT2D eigenvalue weighted by Gasteiger charge is 2.28. The summed E-state index contributed by atoms with van der Waals surface area (Å²) in [7, 11) is -2.21. The van der Waals surface area contributed by atoms with Gasteiger partial charge in [-0.05, 0) is 41.8 Å². The Morgan fingerprint density at radius 1 is 0.800 bits per heavy atom. The number of carbonyl (C=O) groups is 1. The second kappa shape index (κ2) is 9.59. The Labute approximate surface area is 178 Å². The van der Waals surface area contributed by atoms with Crippen molar-refractivity contribution in [2.75, 3.05) is 17.9 Å². The second-order valence-corrected chi connectivity index (χ2v) is 8.94. The van der Waals surface area contributed by atoms with Gasteiger partial charge in [-0.15, -0.1) is 0 Å². The number of aryl methyl sites for hydroxylation is 1. The van der Waals surface area contributed by atoms with E-state index in [0.29, 0.717) is 12.2 Å². The van der Waals surface area contributed by atoms with Crippen molar-refractivity contribution in [2.24, 2.45) is 0 Å². The summed E-state index contributed by atoms with van der Waals surface area (Å²) in [6.45, 7) is 2.18. The molecule has 5 nitrogen and oxygen atoms in total. The third-order valence-electron chi connectivity index (χ3n) is 4.93. The van der Waals surface area contributed by atoms with Gasteiger partial charge in [0.1, 0.15) is 6.54 Å². The molecule has 0 fully saturated rings. The predicted octanol–water partition coefficient (Wildman–Crippen LogP) is 4.10. The van der Waals surface area contributed by atoms with Crippen molar-refractivity contribution in [2.45, 2.75) is 24.8 Å². The smallest absolute Gasteiger partial charge is 0.264 e. The van der Waals surface area contributed by atoms with E-state index in [1.807, 2.05) is 49.4 Å². The summed E-state index contributed by atoms with van der Waals surface area (Å²) < 4.78 is 27.9. The first-order valence-electron chi connectivity index (χ1n) is 9.86. The molecule has 0 atom stereocenters. The van der Waals surface area contributed by atoms with Crippen molar-refractivity contribution in [3.63, 3.8) is 0 Å².